The molecule has 1 amide bonds. The van der Waals surface area contributed by atoms with E-state index in [9.17, 15) is 18.0 Å². The molecule has 1 aromatic carbocycles. The van der Waals surface area contributed by atoms with Gasteiger partial charge in [0.05, 0.1) is 5.69 Å². The Bertz CT molecular complexity index is 373. The van der Waals surface area contributed by atoms with Crippen molar-refractivity contribution in [3.63, 3.8) is 0 Å². The Morgan fingerprint density at radius 3 is 2.33 bits per heavy atom. The molecule has 0 bridgehead atoms. The monoisotopic (exact) mass is 217 g/mol. The summed E-state index contributed by atoms with van der Waals surface area (Å²) in [6.45, 7) is 2.55. The highest BCUT2D eigenvalue weighted by Crippen LogP contribution is 2.28. The predicted octanol–water partition coefficient (Wildman–Crippen LogP) is 2.87. The molecule has 82 valence electrons. The Balaban J connectivity index is 3.16. The molecule has 0 saturated heterocycles. The van der Waals surface area contributed by atoms with E-state index in [0.29, 0.717) is 5.56 Å². The van der Waals surface area contributed by atoms with Crippen molar-refractivity contribution in [1.29, 1.82) is 0 Å². The van der Waals surface area contributed by atoms with Crippen molar-refractivity contribution >= 4 is 11.6 Å². The lowest BCUT2D eigenvalue weighted by atomic mass is 10.2. The molecule has 0 radical (unpaired) electrons. The molecule has 1 aromatic rings. The van der Waals surface area contributed by atoms with Crippen molar-refractivity contribution in [2.75, 3.05) is 4.90 Å². The molecular formula is C10H10F3NO. The van der Waals surface area contributed by atoms with Gasteiger partial charge in [-0.25, -0.2) is 4.90 Å². The fraction of sp³-hybridized carbons (Fsp3) is 0.300. The Labute approximate surface area is 85.3 Å². The number of nitrogens with zero attached hydrogens (tertiary/aromatic N) is 1. The topological polar surface area (TPSA) is 20.3 Å². The maximum atomic E-state index is 12.5. The summed E-state index contributed by atoms with van der Waals surface area (Å²) in [5.74, 6) is -1.05. The van der Waals surface area contributed by atoms with E-state index in [1.807, 2.05) is 0 Å². The van der Waals surface area contributed by atoms with Gasteiger partial charge < -0.3 is 0 Å². The van der Waals surface area contributed by atoms with Gasteiger partial charge in [0.1, 0.15) is 0 Å². The first-order valence-electron chi connectivity index (χ1n) is 4.26. The molecule has 0 N–H and O–H groups in total. The predicted molar refractivity (Wildman–Crippen MR) is 50.4 cm³/mol. The molecular weight excluding hydrogens is 207 g/mol. The molecule has 1 rings (SSSR count). The van der Waals surface area contributed by atoms with Crippen LogP contribution in [0.5, 0.6) is 0 Å². The minimum absolute atomic E-state index is 0.157. The van der Waals surface area contributed by atoms with E-state index in [1.165, 1.54) is 18.2 Å². The average Bonchev–Trinajstić information content (AvgIpc) is 1.99. The average molecular weight is 217 g/mol. The minimum atomic E-state index is -4.68. The number of amides is 1. The number of benzene rings is 1. The second kappa shape index (κ2) is 3.92. The molecule has 0 aliphatic carbocycles. The summed E-state index contributed by atoms with van der Waals surface area (Å²) < 4.78 is 37.5. The van der Waals surface area contributed by atoms with Crippen LogP contribution in [0.4, 0.5) is 18.9 Å². The second-order valence-electron chi connectivity index (χ2n) is 3.16. The molecule has 0 aromatic heterocycles. The number of aryl methyl sites for hydroxylation is 1. The van der Waals surface area contributed by atoms with Crippen LogP contribution >= 0.6 is 0 Å². The molecule has 0 unspecified atom stereocenters. The van der Waals surface area contributed by atoms with E-state index in [0.717, 1.165) is 6.92 Å². The van der Waals surface area contributed by atoms with E-state index in [-0.39, 0.29) is 10.6 Å². The summed E-state index contributed by atoms with van der Waals surface area (Å²) in [6, 6.07) is 5.71. The summed E-state index contributed by atoms with van der Waals surface area (Å²) >= 11 is 0. The van der Waals surface area contributed by atoms with Crippen molar-refractivity contribution in [2.24, 2.45) is 0 Å². The lowest BCUT2D eigenvalue weighted by Crippen LogP contribution is -2.41. The van der Waals surface area contributed by atoms with Gasteiger partial charge in [-0.1, -0.05) is 12.1 Å². The van der Waals surface area contributed by atoms with Crippen LogP contribution < -0.4 is 4.90 Å². The fourth-order valence-electron chi connectivity index (χ4n) is 1.27. The number of carbonyl (C=O) groups is 1. The first kappa shape index (κ1) is 11.6. The maximum absolute atomic E-state index is 12.5. The summed E-state index contributed by atoms with van der Waals surface area (Å²) in [4.78, 5) is 10.7. The number of anilines is 1. The van der Waals surface area contributed by atoms with E-state index >= 15 is 0 Å². The van der Waals surface area contributed by atoms with Gasteiger partial charge in [-0.2, -0.15) is 0 Å². The van der Waals surface area contributed by atoms with Gasteiger partial charge in [-0.05, 0) is 24.6 Å². The van der Waals surface area contributed by atoms with E-state index in [4.69, 9.17) is 0 Å². The molecule has 0 atom stereocenters. The fourth-order valence-corrected chi connectivity index (χ4v) is 1.27. The maximum Gasteiger partial charge on any atom is 0.491 e. The first-order valence-corrected chi connectivity index (χ1v) is 4.26. The zero-order valence-corrected chi connectivity index (χ0v) is 8.30. The first-order chi connectivity index (χ1) is 6.82. The van der Waals surface area contributed by atoms with Gasteiger partial charge in [-0.15, -0.1) is 13.2 Å². The van der Waals surface area contributed by atoms with Crippen molar-refractivity contribution in [3.8, 4) is 0 Å². The van der Waals surface area contributed by atoms with E-state index in [2.05, 4.69) is 0 Å². The summed E-state index contributed by atoms with van der Waals surface area (Å²) in [6.07, 6.45) is -4.68. The minimum Gasteiger partial charge on any atom is -0.275 e. The normalized spacial score (nSPS) is 11.3. The molecule has 0 aliphatic heterocycles. The Hall–Kier alpha value is -1.52. The molecule has 0 heterocycles. The van der Waals surface area contributed by atoms with Gasteiger partial charge in [0.25, 0.3) is 0 Å². The van der Waals surface area contributed by atoms with Crippen molar-refractivity contribution in [2.45, 2.75) is 20.1 Å². The Morgan fingerprint density at radius 1 is 1.33 bits per heavy atom. The third kappa shape index (κ3) is 2.71. The third-order valence-corrected chi connectivity index (χ3v) is 1.83. The van der Waals surface area contributed by atoms with Gasteiger partial charge >= 0.3 is 6.30 Å². The highest BCUT2D eigenvalue weighted by atomic mass is 19.4. The van der Waals surface area contributed by atoms with Crippen LogP contribution in [-0.2, 0) is 4.79 Å². The number of carbonyl (C=O) groups excluding carboxylic acids is 1. The van der Waals surface area contributed by atoms with Crippen LogP contribution in [0.25, 0.3) is 0 Å². The SMILES string of the molecule is CC(=O)N(c1cccc(C)c1)C(F)(F)F. The molecule has 0 aliphatic rings. The van der Waals surface area contributed by atoms with Crippen molar-refractivity contribution in [1.82, 2.24) is 0 Å². The van der Waals surface area contributed by atoms with Gasteiger partial charge in [0, 0.05) is 6.92 Å². The second-order valence-corrected chi connectivity index (χ2v) is 3.16. The van der Waals surface area contributed by atoms with Crippen molar-refractivity contribution < 1.29 is 18.0 Å². The molecule has 0 spiro atoms. The van der Waals surface area contributed by atoms with Crippen LogP contribution in [-0.4, -0.2) is 12.2 Å². The Kier molecular flexibility index (Phi) is 3.02. The van der Waals surface area contributed by atoms with Gasteiger partial charge in [-0.3, -0.25) is 4.79 Å². The molecule has 0 saturated carbocycles. The number of halogens is 3. The van der Waals surface area contributed by atoms with Crippen LogP contribution in [0.2, 0.25) is 0 Å². The molecule has 5 heteroatoms. The van der Waals surface area contributed by atoms with Crippen LogP contribution in [0.3, 0.4) is 0 Å². The number of hydrogen-bond acceptors (Lipinski definition) is 1. The smallest absolute Gasteiger partial charge is 0.275 e. The van der Waals surface area contributed by atoms with Gasteiger partial charge in [0.2, 0.25) is 5.91 Å². The van der Waals surface area contributed by atoms with Gasteiger partial charge in [0.15, 0.2) is 0 Å². The van der Waals surface area contributed by atoms with Crippen LogP contribution in [0.15, 0.2) is 24.3 Å². The summed E-state index contributed by atoms with van der Waals surface area (Å²) in [5.41, 5.74) is 0.512. The number of alkyl halides is 3. The summed E-state index contributed by atoms with van der Waals surface area (Å²) in [5, 5.41) is 0. The number of rotatable bonds is 1. The standard InChI is InChI=1S/C10H10F3NO/c1-7-4-3-5-9(6-7)14(8(2)15)10(11,12)13/h3-6H,1-2H3. The van der Waals surface area contributed by atoms with Crippen LogP contribution in [0, 0.1) is 6.92 Å². The zero-order chi connectivity index (χ0) is 11.6. The summed E-state index contributed by atoms with van der Waals surface area (Å²) in [7, 11) is 0. The lowest BCUT2D eigenvalue weighted by Gasteiger charge is -2.23. The van der Waals surface area contributed by atoms with Crippen LogP contribution in [0.1, 0.15) is 12.5 Å². The zero-order valence-electron chi connectivity index (χ0n) is 8.30. The third-order valence-electron chi connectivity index (χ3n) is 1.83. The molecule has 0 fully saturated rings. The van der Waals surface area contributed by atoms with E-state index in [1.54, 1.807) is 13.0 Å². The number of hydrogen-bond donors (Lipinski definition) is 0. The van der Waals surface area contributed by atoms with E-state index < -0.39 is 12.2 Å². The largest absolute Gasteiger partial charge is 0.491 e. The Morgan fingerprint density at radius 2 is 1.93 bits per heavy atom. The highest BCUT2D eigenvalue weighted by Gasteiger charge is 2.40. The molecule has 15 heavy (non-hydrogen) atoms. The molecule has 2 nitrogen and oxygen atoms in total. The quantitative estimate of drug-likeness (QED) is 0.662. The lowest BCUT2D eigenvalue weighted by molar-refractivity contribution is -0.148. The van der Waals surface area contributed by atoms with Crippen molar-refractivity contribution in [3.05, 3.63) is 29.8 Å². The highest BCUT2D eigenvalue weighted by molar-refractivity contribution is 5.92.